The number of rotatable bonds is 9. The first kappa shape index (κ1) is 27.0. The van der Waals surface area contributed by atoms with Crippen molar-refractivity contribution >= 4 is 39.4 Å². The van der Waals surface area contributed by atoms with Crippen molar-refractivity contribution in [3.8, 4) is 11.4 Å². The predicted octanol–water partition coefficient (Wildman–Crippen LogP) is 5.10. The van der Waals surface area contributed by atoms with Gasteiger partial charge in [0.25, 0.3) is 15.9 Å². The molecule has 0 aliphatic carbocycles. The van der Waals surface area contributed by atoms with E-state index in [1.54, 1.807) is 42.5 Å². The van der Waals surface area contributed by atoms with E-state index >= 15 is 0 Å². The Balaban J connectivity index is 1.54. The molecule has 1 heterocycles. The van der Waals surface area contributed by atoms with Gasteiger partial charge in [-0.25, -0.2) is 13.8 Å². The maximum Gasteiger partial charge on any atom is 0.264 e. The fourth-order valence-electron chi connectivity index (χ4n) is 4.03. The summed E-state index contributed by atoms with van der Waals surface area (Å²) < 4.78 is 35.1. The molecule has 1 N–H and O–H groups in total. The highest BCUT2D eigenvalue weighted by Gasteiger charge is 2.27. The minimum Gasteiger partial charge on any atom is -0.497 e. The van der Waals surface area contributed by atoms with Gasteiger partial charge < -0.3 is 9.30 Å². The summed E-state index contributed by atoms with van der Waals surface area (Å²) in [5.74, 6) is -0.0286. The lowest BCUT2D eigenvalue weighted by Gasteiger charge is -2.23. The third-order valence-corrected chi connectivity index (χ3v) is 7.97. The van der Waals surface area contributed by atoms with E-state index in [9.17, 15) is 13.2 Å². The molecular formula is C28H27ClN4O4S. The molecule has 38 heavy (non-hydrogen) atoms. The van der Waals surface area contributed by atoms with E-state index in [0.29, 0.717) is 16.5 Å². The van der Waals surface area contributed by atoms with Crippen molar-refractivity contribution in [1.29, 1.82) is 0 Å². The molecule has 4 rings (SSSR count). The average Bonchev–Trinajstić information content (AvgIpc) is 3.20. The second-order valence-corrected chi connectivity index (χ2v) is 10.8. The molecule has 0 saturated carbocycles. The zero-order chi connectivity index (χ0) is 27.3. The summed E-state index contributed by atoms with van der Waals surface area (Å²) in [6, 6.07) is 23.8. The number of sulfonamides is 1. The third-order valence-electron chi connectivity index (χ3n) is 5.93. The van der Waals surface area contributed by atoms with Crippen LogP contribution < -0.4 is 14.5 Å². The van der Waals surface area contributed by atoms with Gasteiger partial charge in [-0.05, 0) is 80.6 Å². The van der Waals surface area contributed by atoms with Crippen LogP contribution in [0.1, 0.15) is 17.0 Å². The van der Waals surface area contributed by atoms with Crippen molar-refractivity contribution in [2.75, 3.05) is 18.0 Å². The number of amides is 1. The minimum atomic E-state index is -4.02. The van der Waals surface area contributed by atoms with Crippen LogP contribution in [0.25, 0.3) is 5.69 Å². The van der Waals surface area contributed by atoms with Crippen molar-refractivity contribution in [3.63, 3.8) is 0 Å². The summed E-state index contributed by atoms with van der Waals surface area (Å²) in [6.07, 6.45) is 1.54. The van der Waals surface area contributed by atoms with Crippen LogP contribution in [-0.2, 0) is 14.8 Å². The molecule has 196 valence electrons. The number of carbonyl (C=O) groups is 1. The minimum absolute atomic E-state index is 0.0711. The van der Waals surface area contributed by atoms with Gasteiger partial charge in [0.05, 0.1) is 23.9 Å². The second kappa shape index (κ2) is 11.5. The number of methoxy groups -OCH3 is 1. The summed E-state index contributed by atoms with van der Waals surface area (Å²) in [5.41, 5.74) is 6.44. The van der Waals surface area contributed by atoms with E-state index in [4.69, 9.17) is 16.3 Å². The van der Waals surface area contributed by atoms with Gasteiger partial charge >= 0.3 is 0 Å². The Hall–Kier alpha value is -4.08. The van der Waals surface area contributed by atoms with E-state index in [-0.39, 0.29) is 4.90 Å². The zero-order valence-corrected chi connectivity index (χ0v) is 22.7. The molecule has 1 aromatic heterocycles. The van der Waals surface area contributed by atoms with Gasteiger partial charge in [-0.1, -0.05) is 29.8 Å². The first-order valence-electron chi connectivity index (χ1n) is 11.7. The topological polar surface area (TPSA) is 93.0 Å². The molecule has 10 heteroatoms. The summed E-state index contributed by atoms with van der Waals surface area (Å²) >= 11 is 6.02. The molecule has 0 fully saturated rings. The highest BCUT2D eigenvalue weighted by atomic mass is 35.5. The zero-order valence-electron chi connectivity index (χ0n) is 21.1. The number of aryl methyl sites for hydroxylation is 1. The van der Waals surface area contributed by atoms with Crippen LogP contribution in [0.3, 0.4) is 0 Å². The summed E-state index contributed by atoms with van der Waals surface area (Å²) in [5, 5.41) is 4.74. The Morgan fingerprint density at radius 1 is 1.03 bits per heavy atom. The SMILES string of the molecule is COc1ccc(N(CC(=O)N/N=C\c2cc(C)n(-c3ccc(Cl)cc3)c2C)S(=O)(=O)c2ccccc2)cc1. The number of hydrogen-bond acceptors (Lipinski definition) is 5. The molecule has 8 nitrogen and oxygen atoms in total. The molecule has 1 amide bonds. The molecule has 0 bridgehead atoms. The van der Waals surface area contributed by atoms with Crippen LogP contribution in [0.4, 0.5) is 5.69 Å². The van der Waals surface area contributed by atoms with Crippen LogP contribution in [0.2, 0.25) is 5.02 Å². The van der Waals surface area contributed by atoms with E-state index in [1.807, 2.05) is 44.2 Å². The predicted molar refractivity (Wildman–Crippen MR) is 150 cm³/mol. The van der Waals surface area contributed by atoms with E-state index in [0.717, 1.165) is 26.9 Å². The van der Waals surface area contributed by atoms with Gasteiger partial charge in [0, 0.05) is 27.7 Å². The fraction of sp³-hybridized carbons (Fsp3) is 0.143. The molecule has 3 aromatic carbocycles. The van der Waals surface area contributed by atoms with Crippen LogP contribution in [-0.4, -0.2) is 38.8 Å². The highest BCUT2D eigenvalue weighted by Crippen LogP contribution is 2.26. The van der Waals surface area contributed by atoms with Crippen molar-refractivity contribution in [2.24, 2.45) is 5.10 Å². The number of ether oxygens (including phenoxy) is 1. The number of carbonyl (C=O) groups excluding carboxylic acids is 1. The maximum absolute atomic E-state index is 13.4. The maximum atomic E-state index is 13.4. The van der Waals surface area contributed by atoms with Crippen LogP contribution in [0.15, 0.2) is 94.9 Å². The lowest BCUT2D eigenvalue weighted by atomic mass is 10.2. The van der Waals surface area contributed by atoms with Crippen molar-refractivity contribution < 1.29 is 17.9 Å². The van der Waals surface area contributed by atoms with Crippen molar-refractivity contribution in [1.82, 2.24) is 9.99 Å². The largest absolute Gasteiger partial charge is 0.497 e. The number of hydrazone groups is 1. The molecule has 0 aliphatic rings. The normalized spacial score (nSPS) is 11.5. The Bertz CT molecular complexity index is 1550. The summed E-state index contributed by atoms with van der Waals surface area (Å²) in [7, 11) is -2.50. The van der Waals surface area contributed by atoms with Gasteiger partial charge in [-0.15, -0.1) is 0 Å². The standard InChI is InChI=1S/C28H27ClN4O4S/c1-20-17-22(21(2)33(20)25-11-9-23(29)10-12-25)18-30-31-28(34)19-32(24-13-15-26(37-3)16-14-24)38(35,36)27-7-5-4-6-8-27/h4-18H,19H2,1-3H3,(H,31,34)/b30-18-. The fourth-order valence-corrected chi connectivity index (χ4v) is 5.60. The molecule has 0 unspecified atom stereocenters. The molecule has 0 atom stereocenters. The Labute approximate surface area is 227 Å². The average molecular weight is 551 g/mol. The van der Waals surface area contributed by atoms with Crippen LogP contribution in [0.5, 0.6) is 5.75 Å². The summed E-state index contributed by atoms with van der Waals surface area (Å²) in [4.78, 5) is 12.9. The summed E-state index contributed by atoms with van der Waals surface area (Å²) in [6.45, 7) is 3.45. The molecule has 4 aromatic rings. The number of nitrogens with zero attached hydrogens (tertiary/aromatic N) is 3. The smallest absolute Gasteiger partial charge is 0.264 e. The van der Waals surface area contributed by atoms with E-state index in [1.165, 1.54) is 25.5 Å². The van der Waals surface area contributed by atoms with Crippen molar-refractivity contribution in [2.45, 2.75) is 18.7 Å². The number of hydrogen-bond donors (Lipinski definition) is 1. The quantitative estimate of drug-likeness (QED) is 0.232. The lowest BCUT2D eigenvalue weighted by molar-refractivity contribution is -0.119. The van der Waals surface area contributed by atoms with Gasteiger partial charge in [-0.2, -0.15) is 5.10 Å². The van der Waals surface area contributed by atoms with Gasteiger partial charge in [-0.3, -0.25) is 9.10 Å². The van der Waals surface area contributed by atoms with E-state index < -0.39 is 22.5 Å². The lowest BCUT2D eigenvalue weighted by Crippen LogP contribution is -2.39. The van der Waals surface area contributed by atoms with Gasteiger partial charge in [0.1, 0.15) is 12.3 Å². The Morgan fingerprint density at radius 2 is 1.68 bits per heavy atom. The number of benzene rings is 3. The first-order valence-corrected chi connectivity index (χ1v) is 13.5. The van der Waals surface area contributed by atoms with Crippen LogP contribution >= 0.6 is 11.6 Å². The number of halogens is 1. The highest BCUT2D eigenvalue weighted by molar-refractivity contribution is 7.92. The Kier molecular flexibility index (Phi) is 8.19. The van der Waals surface area contributed by atoms with Gasteiger partial charge in [0.2, 0.25) is 0 Å². The molecule has 0 aliphatic heterocycles. The number of anilines is 1. The molecular weight excluding hydrogens is 524 g/mol. The second-order valence-electron chi connectivity index (χ2n) is 8.45. The Morgan fingerprint density at radius 3 is 2.32 bits per heavy atom. The third kappa shape index (κ3) is 5.90. The molecule has 0 radical (unpaired) electrons. The van der Waals surface area contributed by atoms with Crippen molar-refractivity contribution in [3.05, 3.63) is 107 Å². The molecule has 0 spiro atoms. The number of nitrogens with one attached hydrogen (secondary N) is 1. The van der Waals surface area contributed by atoms with E-state index in [2.05, 4.69) is 15.1 Å². The molecule has 0 saturated heterocycles. The first-order chi connectivity index (χ1) is 18.2. The van der Waals surface area contributed by atoms with Gasteiger partial charge in [0.15, 0.2) is 0 Å². The number of aromatic nitrogens is 1. The van der Waals surface area contributed by atoms with Crippen LogP contribution in [0, 0.1) is 13.8 Å². The monoisotopic (exact) mass is 550 g/mol.